The Morgan fingerprint density at radius 1 is 1.28 bits per heavy atom. The van der Waals surface area contributed by atoms with Crippen molar-refractivity contribution in [2.75, 3.05) is 19.7 Å². The molecular weight excluding hydrogens is 399 g/mol. The molecule has 11 heteroatoms. The van der Waals surface area contributed by atoms with E-state index in [2.05, 4.69) is 10.1 Å². The standard InChI is InChI=1S/C18H19F5N4O2/c1-26-9-12(15(25-26)16(19)20)17(28)27-7-5-11(6-8-27)10-29-14-4-2-3-13(24-14)18(21,22)23/h2-4,9,11,16H,5-8,10H2,1H3. The van der Waals surface area contributed by atoms with Gasteiger partial charge in [0.15, 0.2) is 0 Å². The van der Waals surface area contributed by atoms with E-state index in [0.717, 1.165) is 6.07 Å². The Morgan fingerprint density at radius 2 is 1.97 bits per heavy atom. The second-order valence-electron chi connectivity index (χ2n) is 6.81. The van der Waals surface area contributed by atoms with E-state index in [1.807, 2.05) is 0 Å². The van der Waals surface area contributed by atoms with Gasteiger partial charge in [-0.25, -0.2) is 13.8 Å². The van der Waals surface area contributed by atoms with Gasteiger partial charge in [-0.1, -0.05) is 6.07 Å². The highest BCUT2D eigenvalue weighted by Gasteiger charge is 2.33. The van der Waals surface area contributed by atoms with Crippen molar-refractivity contribution in [1.29, 1.82) is 0 Å². The number of ether oxygens (including phenoxy) is 1. The van der Waals surface area contributed by atoms with Crippen LogP contribution < -0.4 is 4.74 Å². The summed E-state index contributed by atoms with van der Waals surface area (Å²) >= 11 is 0. The van der Waals surface area contributed by atoms with E-state index in [1.54, 1.807) is 0 Å². The van der Waals surface area contributed by atoms with Gasteiger partial charge in [-0.3, -0.25) is 9.48 Å². The Morgan fingerprint density at radius 3 is 2.59 bits per heavy atom. The summed E-state index contributed by atoms with van der Waals surface area (Å²) in [6.45, 7) is 0.826. The van der Waals surface area contributed by atoms with Crippen molar-refractivity contribution < 1.29 is 31.5 Å². The highest BCUT2D eigenvalue weighted by Crippen LogP contribution is 2.29. The SMILES string of the molecule is Cn1cc(C(=O)N2CCC(COc3cccc(C(F)(F)F)n3)CC2)c(C(F)F)n1. The lowest BCUT2D eigenvalue weighted by Crippen LogP contribution is -2.40. The van der Waals surface area contributed by atoms with Crippen molar-refractivity contribution in [3.8, 4) is 5.88 Å². The van der Waals surface area contributed by atoms with E-state index in [1.165, 1.54) is 35.0 Å². The van der Waals surface area contributed by atoms with Gasteiger partial charge in [0.25, 0.3) is 12.3 Å². The number of carbonyl (C=O) groups is 1. The average Bonchev–Trinajstić information content (AvgIpc) is 3.08. The largest absolute Gasteiger partial charge is 0.477 e. The Hall–Kier alpha value is -2.72. The Kier molecular flexibility index (Phi) is 6.04. The normalized spacial score (nSPS) is 15.8. The minimum Gasteiger partial charge on any atom is -0.477 e. The number of carbonyl (C=O) groups excluding carboxylic acids is 1. The fourth-order valence-corrected chi connectivity index (χ4v) is 3.16. The smallest absolute Gasteiger partial charge is 0.433 e. The predicted octanol–water partition coefficient (Wildman–Crippen LogP) is 3.70. The molecule has 6 nitrogen and oxygen atoms in total. The summed E-state index contributed by atoms with van der Waals surface area (Å²) in [5.41, 5.74) is -1.69. The lowest BCUT2D eigenvalue weighted by Gasteiger charge is -2.31. The maximum Gasteiger partial charge on any atom is 0.433 e. The molecule has 1 saturated heterocycles. The van der Waals surface area contributed by atoms with Crippen molar-refractivity contribution >= 4 is 5.91 Å². The molecule has 0 saturated carbocycles. The molecule has 0 aliphatic carbocycles. The number of pyridine rings is 1. The van der Waals surface area contributed by atoms with Crippen molar-refractivity contribution in [2.24, 2.45) is 13.0 Å². The van der Waals surface area contributed by atoms with Gasteiger partial charge in [0.1, 0.15) is 11.4 Å². The van der Waals surface area contributed by atoms with Crippen LogP contribution in [0, 0.1) is 5.92 Å². The number of hydrogen-bond donors (Lipinski definition) is 0. The molecule has 0 N–H and O–H groups in total. The zero-order chi connectivity index (χ0) is 21.2. The van der Waals surface area contributed by atoms with Crippen molar-refractivity contribution in [3.63, 3.8) is 0 Å². The maximum atomic E-state index is 13.1. The van der Waals surface area contributed by atoms with Crippen molar-refractivity contribution in [2.45, 2.75) is 25.4 Å². The fourth-order valence-electron chi connectivity index (χ4n) is 3.16. The van der Waals surface area contributed by atoms with E-state index in [4.69, 9.17) is 4.74 Å². The highest BCUT2D eigenvalue weighted by atomic mass is 19.4. The molecule has 2 aromatic rings. The number of aryl methyl sites for hydroxylation is 1. The Labute approximate surface area is 163 Å². The number of piperidine rings is 1. The molecule has 3 rings (SSSR count). The van der Waals surface area contributed by atoms with Crippen LogP contribution in [0.25, 0.3) is 0 Å². The molecule has 158 valence electrons. The number of alkyl halides is 5. The van der Waals surface area contributed by atoms with E-state index in [9.17, 15) is 26.7 Å². The third kappa shape index (κ3) is 5.01. The monoisotopic (exact) mass is 418 g/mol. The summed E-state index contributed by atoms with van der Waals surface area (Å²) < 4.78 is 70.8. The molecule has 0 spiro atoms. The number of likely N-dealkylation sites (tertiary alicyclic amines) is 1. The molecule has 1 aliphatic rings. The number of halogens is 5. The molecule has 0 bridgehead atoms. The molecular formula is C18H19F5N4O2. The third-order valence-electron chi connectivity index (χ3n) is 4.68. The zero-order valence-corrected chi connectivity index (χ0v) is 15.5. The first-order valence-corrected chi connectivity index (χ1v) is 8.93. The topological polar surface area (TPSA) is 60.2 Å². The number of amides is 1. The first kappa shape index (κ1) is 21.0. The number of nitrogens with zero attached hydrogens (tertiary/aromatic N) is 4. The molecule has 29 heavy (non-hydrogen) atoms. The summed E-state index contributed by atoms with van der Waals surface area (Å²) in [5.74, 6) is -0.610. The van der Waals surface area contributed by atoms with Gasteiger partial charge >= 0.3 is 6.18 Å². The summed E-state index contributed by atoms with van der Waals surface area (Å²) in [4.78, 5) is 17.5. The fraction of sp³-hybridized carbons (Fsp3) is 0.500. The minimum atomic E-state index is -4.55. The molecule has 3 heterocycles. The van der Waals surface area contributed by atoms with E-state index in [-0.39, 0.29) is 24.0 Å². The average molecular weight is 418 g/mol. The van der Waals surface area contributed by atoms with Crippen LogP contribution in [0.4, 0.5) is 22.0 Å². The van der Waals surface area contributed by atoms with Crippen LogP contribution in [-0.2, 0) is 13.2 Å². The van der Waals surface area contributed by atoms with Crippen molar-refractivity contribution in [1.82, 2.24) is 19.7 Å². The summed E-state index contributed by atoms with van der Waals surface area (Å²) in [6, 6.07) is 3.44. The number of aromatic nitrogens is 3. The molecule has 0 radical (unpaired) electrons. The van der Waals surface area contributed by atoms with Gasteiger partial charge in [0.2, 0.25) is 5.88 Å². The van der Waals surface area contributed by atoms with Gasteiger partial charge in [-0.05, 0) is 24.8 Å². The van der Waals surface area contributed by atoms with Crippen LogP contribution in [0.3, 0.4) is 0 Å². The van der Waals surface area contributed by atoms with Gasteiger partial charge in [-0.15, -0.1) is 0 Å². The quantitative estimate of drug-likeness (QED) is 0.695. The van der Waals surface area contributed by atoms with Crippen LogP contribution >= 0.6 is 0 Å². The van der Waals surface area contributed by atoms with Crippen LogP contribution in [0.15, 0.2) is 24.4 Å². The van der Waals surface area contributed by atoms with Gasteiger partial charge in [-0.2, -0.15) is 18.3 Å². The van der Waals surface area contributed by atoms with Gasteiger partial charge in [0, 0.05) is 32.4 Å². The molecule has 0 atom stereocenters. The number of rotatable bonds is 5. The first-order chi connectivity index (χ1) is 13.6. The van der Waals surface area contributed by atoms with E-state index in [0.29, 0.717) is 25.9 Å². The molecule has 0 unspecified atom stereocenters. The summed E-state index contributed by atoms with van der Waals surface area (Å²) in [5, 5.41) is 3.64. The van der Waals surface area contributed by atoms with Gasteiger partial charge < -0.3 is 9.64 Å². The third-order valence-corrected chi connectivity index (χ3v) is 4.68. The van der Waals surface area contributed by atoms with Gasteiger partial charge in [0.05, 0.1) is 12.2 Å². The zero-order valence-electron chi connectivity index (χ0n) is 15.5. The lowest BCUT2D eigenvalue weighted by molar-refractivity contribution is -0.141. The second kappa shape index (κ2) is 8.34. The van der Waals surface area contributed by atoms with Crippen LogP contribution in [0.1, 0.15) is 41.0 Å². The Bertz CT molecular complexity index is 860. The first-order valence-electron chi connectivity index (χ1n) is 8.93. The highest BCUT2D eigenvalue weighted by molar-refractivity contribution is 5.95. The molecule has 2 aromatic heterocycles. The van der Waals surface area contributed by atoms with Crippen LogP contribution in [-0.4, -0.2) is 45.3 Å². The molecule has 1 amide bonds. The van der Waals surface area contributed by atoms with Crippen LogP contribution in [0.5, 0.6) is 5.88 Å². The molecule has 1 aliphatic heterocycles. The number of hydrogen-bond acceptors (Lipinski definition) is 4. The summed E-state index contributed by atoms with van der Waals surface area (Å²) in [6.07, 6.45) is -5.04. The minimum absolute atomic E-state index is 0.0128. The lowest BCUT2D eigenvalue weighted by atomic mass is 9.97. The molecule has 1 fully saturated rings. The summed E-state index contributed by atoms with van der Waals surface area (Å²) in [7, 11) is 1.47. The van der Waals surface area contributed by atoms with E-state index >= 15 is 0 Å². The second-order valence-corrected chi connectivity index (χ2v) is 6.81. The predicted molar refractivity (Wildman–Crippen MR) is 91.5 cm³/mol. The maximum absolute atomic E-state index is 13.1. The Balaban J connectivity index is 1.54. The molecule has 0 aromatic carbocycles. The van der Waals surface area contributed by atoms with Crippen molar-refractivity contribution in [3.05, 3.63) is 41.3 Å². The van der Waals surface area contributed by atoms with Crippen LogP contribution in [0.2, 0.25) is 0 Å². The van der Waals surface area contributed by atoms with E-state index < -0.39 is 29.9 Å².